The van der Waals surface area contributed by atoms with Crippen LogP contribution in [0.1, 0.15) is 20.8 Å². The zero-order chi connectivity index (χ0) is 8.91. The first-order valence-electron chi connectivity index (χ1n) is 4.17. The van der Waals surface area contributed by atoms with Gasteiger partial charge in [-0.05, 0) is 20.8 Å². The second kappa shape index (κ2) is 5.97. The Kier molecular flexibility index (Phi) is 6.94. The summed E-state index contributed by atoms with van der Waals surface area (Å²) in [4.78, 5) is 10.5. The molecule has 12 heavy (non-hydrogen) atoms. The molecule has 0 aliphatic rings. The highest BCUT2D eigenvalue weighted by molar-refractivity contribution is 5.67. The number of rotatable bonds is 5. The molecule has 3 N–H and O–H groups in total. The minimum atomic E-state index is -0.699. The van der Waals surface area contributed by atoms with Crippen molar-refractivity contribution in [1.29, 1.82) is 0 Å². The molecule has 4 nitrogen and oxygen atoms in total. The summed E-state index contributed by atoms with van der Waals surface area (Å²) < 4.78 is 0.690. The molecule has 0 unspecified atom stereocenters. The molecule has 74 valence electrons. The number of carboxylic acid groups (broad SMARTS) is 1. The van der Waals surface area contributed by atoms with Crippen molar-refractivity contribution in [2.45, 2.75) is 20.8 Å². The number of likely N-dealkylation sites (N-methyl/N-ethyl adjacent to an activating group) is 1. The van der Waals surface area contributed by atoms with Crippen LogP contribution in [0.25, 0.3) is 0 Å². The molecule has 0 atom stereocenters. The van der Waals surface area contributed by atoms with E-state index in [0.29, 0.717) is 4.48 Å². The van der Waals surface area contributed by atoms with Crippen LogP contribution in [0.3, 0.4) is 0 Å². The Bertz CT molecular complexity index is 124. The third-order valence-electron chi connectivity index (χ3n) is 2.48. The summed E-state index contributed by atoms with van der Waals surface area (Å²) in [5.74, 6) is -0.699. The molecular weight excluding hydrogens is 158 g/mol. The molecule has 0 saturated heterocycles. The van der Waals surface area contributed by atoms with E-state index < -0.39 is 5.97 Å². The highest BCUT2D eigenvalue weighted by Crippen LogP contribution is 2.04. The Morgan fingerprint density at radius 2 is 1.50 bits per heavy atom. The maximum atomic E-state index is 10.5. The van der Waals surface area contributed by atoms with Gasteiger partial charge in [-0.2, -0.15) is 0 Å². The second-order valence-corrected chi connectivity index (χ2v) is 2.84. The van der Waals surface area contributed by atoms with Crippen LogP contribution in [0.15, 0.2) is 0 Å². The fourth-order valence-corrected chi connectivity index (χ4v) is 1.29. The molecule has 0 aliphatic heterocycles. The number of carbonyl (C=O) groups is 1. The van der Waals surface area contributed by atoms with E-state index >= 15 is 0 Å². The summed E-state index contributed by atoms with van der Waals surface area (Å²) in [5.41, 5.74) is 0. The molecule has 0 saturated carbocycles. The molecule has 0 aromatic carbocycles. The Morgan fingerprint density at radius 3 is 1.58 bits per heavy atom. The van der Waals surface area contributed by atoms with Crippen molar-refractivity contribution in [3.8, 4) is 0 Å². The lowest BCUT2D eigenvalue weighted by Gasteiger charge is -2.33. The van der Waals surface area contributed by atoms with E-state index in [2.05, 4.69) is 0 Å². The minimum Gasteiger partial charge on any atom is -0.477 e. The van der Waals surface area contributed by atoms with Gasteiger partial charge in [-0.15, -0.1) is 0 Å². The van der Waals surface area contributed by atoms with E-state index in [1.807, 2.05) is 20.8 Å². The van der Waals surface area contributed by atoms with Crippen LogP contribution in [0, 0.1) is 0 Å². The van der Waals surface area contributed by atoms with Crippen molar-refractivity contribution in [3.63, 3.8) is 0 Å². The molecule has 0 spiro atoms. The van der Waals surface area contributed by atoms with Crippen LogP contribution in [-0.2, 0) is 4.79 Å². The first kappa shape index (κ1) is 13.9. The number of quaternary nitrogens is 1. The van der Waals surface area contributed by atoms with Gasteiger partial charge in [-0.3, -0.25) is 0 Å². The molecule has 0 fully saturated rings. The highest BCUT2D eigenvalue weighted by Gasteiger charge is 2.23. The minimum absolute atomic E-state index is 0. The Hall–Kier alpha value is -0.610. The van der Waals surface area contributed by atoms with Gasteiger partial charge in [-0.1, -0.05) is 0 Å². The van der Waals surface area contributed by atoms with E-state index in [1.165, 1.54) is 0 Å². The summed E-state index contributed by atoms with van der Waals surface area (Å²) in [6.45, 7) is 9.07. The molecule has 0 amide bonds. The third-order valence-corrected chi connectivity index (χ3v) is 2.48. The first-order chi connectivity index (χ1) is 5.10. The van der Waals surface area contributed by atoms with Gasteiger partial charge in [0, 0.05) is 0 Å². The van der Waals surface area contributed by atoms with Gasteiger partial charge in [0.1, 0.15) is 0 Å². The Morgan fingerprint density at radius 1 is 1.17 bits per heavy atom. The van der Waals surface area contributed by atoms with Gasteiger partial charge in [-0.25, -0.2) is 4.79 Å². The molecule has 0 aromatic heterocycles. The lowest BCUT2D eigenvalue weighted by Crippen LogP contribution is -2.50. The monoisotopic (exact) mass is 178 g/mol. The van der Waals surface area contributed by atoms with Gasteiger partial charge in [0.25, 0.3) is 0 Å². The lowest BCUT2D eigenvalue weighted by atomic mass is 10.3. The van der Waals surface area contributed by atoms with Crippen LogP contribution in [0.2, 0.25) is 0 Å². The van der Waals surface area contributed by atoms with Crippen molar-refractivity contribution in [2.75, 3.05) is 26.2 Å². The van der Waals surface area contributed by atoms with Gasteiger partial charge in [0.15, 0.2) is 6.54 Å². The molecule has 4 heteroatoms. The largest absolute Gasteiger partial charge is 0.477 e. The van der Waals surface area contributed by atoms with Crippen LogP contribution in [-0.4, -0.2) is 47.2 Å². The van der Waals surface area contributed by atoms with Gasteiger partial charge < -0.3 is 15.1 Å². The maximum absolute atomic E-state index is 10.5. The van der Waals surface area contributed by atoms with Crippen LogP contribution >= 0.6 is 0 Å². The predicted octanol–water partition coefficient (Wildman–Crippen LogP) is 0.123. The number of carboxylic acids is 1. The second-order valence-electron chi connectivity index (χ2n) is 2.84. The van der Waals surface area contributed by atoms with Crippen LogP contribution < -0.4 is 0 Å². The molecule has 0 rings (SSSR count). The fraction of sp³-hybridized carbons (Fsp3) is 0.875. The van der Waals surface area contributed by atoms with Gasteiger partial charge in [0.2, 0.25) is 0 Å². The van der Waals surface area contributed by atoms with Crippen molar-refractivity contribution in [2.24, 2.45) is 0 Å². The number of hydrogen-bond donors (Lipinski definition) is 1. The quantitative estimate of drug-likeness (QED) is 0.608. The molecular formula is C8H20NO3+. The first-order valence-corrected chi connectivity index (χ1v) is 4.17. The smallest absolute Gasteiger partial charge is 0.359 e. The lowest BCUT2D eigenvalue weighted by molar-refractivity contribution is -0.916. The average Bonchev–Trinajstić information content (AvgIpc) is 2.00. The van der Waals surface area contributed by atoms with E-state index in [-0.39, 0.29) is 12.0 Å². The molecule has 0 radical (unpaired) electrons. The standard InChI is InChI=1S/C8H17NO2.H2O/c1-4-9(5-2,6-3)7-8(10)11;/h4-7H2,1-3H3;1H2/p+1. The van der Waals surface area contributed by atoms with Crippen molar-refractivity contribution < 1.29 is 19.9 Å². The highest BCUT2D eigenvalue weighted by atomic mass is 16.4. The van der Waals surface area contributed by atoms with E-state index in [4.69, 9.17) is 5.11 Å². The molecule has 0 heterocycles. The number of hydrogen-bond acceptors (Lipinski definition) is 1. The normalized spacial score (nSPS) is 10.6. The van der Waals surface area contributed by atoms with Crippen LogP contribution in [0.4, 0.5) is 0 Å². The topological polar surface area (TPSA) is 68.8 Å². The van der Waals surface area contributed by atoms with Crippen molar-refractivity contribution >= 4 is 5.97 Å². The van der Waals surface area contributed by atoms with Crippen LogP contribution in [0.5, 0.6) is 0 Å². The average molecular weight is 178 g/mol. The Labute approximate surface area is 73.7 Å². The zero-order valence-electron chi connectivity index (χ0n) is 8.13. The Balaban J connectivity index is 0. The van der Waals surface area contributed by atoms with E-state index in [1.54, 1.807) is 0 Å². The van der Waals surface area contributed by atoms with Crippen molar-refractivity contribution in [1.82, 2.24) is 0 Å². The molecule has 0 bridgehead atoms. The summed E-state index contributed by atoms with van der Waals surface area (Å²) in [5, 5.41) is 8.63. The molecule has 0 aromatic rings. The van der Waals surface area contributed by atoms with E-state index in [9.17, 15) is 4.79 Å². The van der Waals surface area contributed by atoms with Crippen molar-refractivity contribution in [3.05, 3.63) is 0 Å². The maximum Gasteiger partial charge on any atom is 0.359 e. The number of nitrogens with zero attached hydrogens (tertiary/aromatic N) is 1. The summed E-state index contributed by atoms with van der Waals surface area (Å²) in [6.07, 6.45) is 0. The van der Waals surface area contributed by atoms with E-state index in [0.717, 1.165) is 19.6 Å². The molecule has 0 aliphatic carbocycles. The summed E-state index contributed by atoms with van der Waals surface area (Å²) in [6, 6.07) is 0. The summed E-state index contributed by atoms with van der Waals surface area (Å²) >= 11 is 0. The fourth-order valence-electron chi connectivity index (χ4n) is 1.29. The van der Waals surface area contributed by atoms with Gasteiger partial charge in [0.05, 0.1) is 19.6 Å². The zero-order valence-corrected chi connectivity index (χ0v) is 8.13. The SMILES string of the molecule is CC[N+](CC)(CC)CC(=O)O.O. The van der Waals surface area contributed by atoms with Gasteiger partial charge >= 0.3 is 5.97 Å². The summed E-state index contributed by atoms with van der Waals surface area (Å²) in [7, 11) is 0. The number of aliphatic carboxylic acids is 1. The predicted molar refractivity (Wildman–Crippen MR) is 48.0 cm³/mol. The third kappa shape index (κ3) is 3.69.